The molecule has 0 fully saturated rings. The van der Waals surface area contributed by atoms with E-state index in [1.165, 1.54) is 38.5 Å². The highest BCUT2D eigenvalue weighted by Crippen LogP contribution is 2.13. The van der Waals surface area contributed by atoms with Gasteiger partial charge in [-0.1, -0.05) is 72.7 Å². The molecule has 0 atom stereocenters. The number of benzene rings is 1. The predicted molar refractivity (Wildman–Crippen MR) is 114 cm³/mol. The van der Waals surface area contributed by atoms with Gasteiger partial charge in [-0.3, -0.25) is 4.79 Å². The maximum absolute atomic E-state index is 12.1. The first kappa shape index (κ1) is 24.2. The van der Waals surface area contributed by atoms with Crippen LogP contribution in [0.5, 0.6) is 0 Å². The Morgan fingerprint density at radius 1 is 0.815 bits per heavy atom. The first-order valence-corrected chi connectivity index (χ1v) is 12.8. The number of sulfone groups is 1. The number of carbonyl (C=O) groups excluding carboxylic acids is 1. The van der Waals surface area contributed by atoms with E-state index < -0.39 is 9.84 Å². The molecule has 0 saturated carbocycles. The molecule has 0 aromatic heterocycles. The fraction of sp³-hybridized carbons (Fsp3) is 0.667. The van der Waals surface area contributed by atoms with Gasteiger partial charge in [0.15, 0.2) is 9.84 Å². The highest BCUT2D eigenvalue weighted by molar-refractivity contribution is 9.09. The van der Waals surface area contributed by atoms with E-state index in [4.69, 9.17) is 4.74 Å². The van der Waals surface area contributed by atoms with Crippen LogP contribution >= 0.6 is 15.9 Å². The second-order valence-corrected chi connectivity index (χ2v) is 9.73. The Hall–Kier alpha value is -0.880. The second kappa shape index (κ2) is 15.1. The number of hydrogen-bond donors (Lipinski definition) is 0. The van der Waals surface area contributed by atoms with E-state index in [1.807, 2.05) is 0 Å². The van der Waals surface area contributed by atoms with Crippen LogP contribution in [0.15, 0.2) is 35.2 Å². The molecule has 0 radical (unpaired) electrons. The van der Waals surface area contributed by atoms with Gasteiger partial charge in [-0.2, -0.15) is 0 Å². The van der Waals surface area contributed by atoms with Gasteiger partial charge in [0, 0.05) is 11.8 Å². The summed E-state index contributed by atoms with van der Waals surface area (Å²) in [6.45, 7) is 0.302. The van der Waals surface area contributed by atoms with Gasteiger partial charge >= 0.3 is 5.97 Å². The zero-order chi connectivity index (χ0) is 19.8. The number of alkyl halides is 1. The second-order valence-electron chi connectivity index (χ2n) is 6.83. The fourth-order valence-corrected chi connectivity index (χ4v) is 4.61. The quantitative estimate of drug-likeness (QED) is 0.180. The molecule has 154 valence electrons. The molecule has 0 spiro atoms. The zero-order valence-electron chi connectivity index (χ0n) is 16.2. The van der Waals surface area contributed by atoms with E-state index in [2.05, 4.69) is 15.9 Å². The van der Waals surface area contributed by atoms with Gasteiger partial charge in [0.2, 0.25) is 0 Å². The van der Waals surface area contributed by atoms with E-state index in [9.17, 15) is 13.2 Å². The van der Waals surface area contributed by atoms with Gasteiger partial charge in [-0.05, 0) is 37.8 Å². The summed E-state index contributed by atoms with van der Waals surface area (Å²) >= 11 is 3.44. The van der Waals surface area contributed by atoms with Crippen molar-refractivity contribution >= 4 is 31.7 Å². The Morgan fingerprint density at radius 3 is 2.04 bits per heavy atom. The monoisotopic (exact) mass is 460 g/mol. The molecule has 0 N–H and O–H groups in total. The van der Waals surface area contributed by atoms with Crippen LogP contribution in [0.3, 0.4) is 0 Å². The minimum absolute atomic E-state index is 0.0875. The summed E-state index contributed by atoms with van der Waals surface area (Å²) in [5.74, 6) is -0.0808. The minimum Gasteiger partial charge on any atom is -0.466 e. The number of halogens is 1. The summed E-state index contributed by atoms with van der Waals surface area (Å²) in [6.07, 6.45) is 11.0. The van der Waals surface area contributed by atoms with Crippen molar-refractivity contribution < 1.29 is 17.9 Å². The maximum Gasteiger partial charge on any atom is 0.305 e. The lowest BCUT2D eigenvalue weighted by molar-refractivity contribution is -0.143. The van der Waals surface area contributed by atoms with Crippen LogP contribution in [-0.2, 0) is 19.4 Å². The highest BCUT2D eigenvalue weighted by Gasteiger charge is 2.13. The Labute approximate surface area is 173 Å². The Morgan fingerprint density at radius 2 is 1.41 bits per heavy atom. The van der Waals surface area contributed by atoms with Crippen LogP contribution in [0, 0.1) is 0 Å². The molecule has 1 aromatic carbocycles. The third-order valence-electron chi connectivity index (χ3n) is 4.44. The lowest BCUT2D eigenvalue weighted by atomic mass is 10.1. The summed E-state index contributed by atoms with van der Waals surface area (Å²) in [5, 5.41) is 1.10. The molecule has 6 heteroatoms. The van der Waals surface area contributed by atoms with Gasteiger partial charge in [-0.15, -0.1) is 0 Å². The molecular weight excluding hydrogens is 428 g/mol. The van der Waals surface area contributed by atoms with Crippen LogP contribution in [0.25, 0.3) is 0 Å². The standard InChI is InChI=1S/C21H33BrO4S/c22-17-11-6-4-2-1-3-5-10-16-21(23)26-18-12-13-19-27(24,25)20-14-8-7-9-15-20/h7-9,14-15H,1-6,10-13,16-19H2. The number of ether oxygens (including phenoxy) is 1. The van der Waals surface area contributed by atoms with Gasteiger partial charge in [-0.25, -0.2) is 8.42 Å². The number of hydrogen-bond acceptors (Lipinski definition) is 4. The van der Waals surface area contributed by atoms with Gasteiger partial charge in [0.1, 0.15) is 0 Å². The van der Waals surface area contributed by atoms with E-state index >= 15 is 0 Å². The molecule has 0 aliphatic rings. The average Bonchev–Trinajstić information content (AvgIpc) is 2.67. The first-order chi connectivity index (χ1) is 13.1. The lowest BCUT2D eigenvalue weighted by Gasteiger charge is -2.06. The van der Waals surface area contributed by atoms with Crippen LogP contribution in [0.4, 0.5) is 0 Å². The Balaban J connectivity index is 1.97. The number of carbonyl (C=O) groups is 1. The van der Waals surface area contributed by atoms with Crippen molar-refractivity contribution in [1.29, 1.82) is 0 Å². The van der Waals surface area contributed by atoms with Crippen LogP contribution in [-0.4, -0.2) is 32.1 Å². The molecule has 0 heterocycles. The number of esters is 1. The SMILES string of the molecule is O=C(CCCCCCCCCCBr)OCCCCS(=O)(=O)c1ccccc1. The van der Waals surface area contributed by atoms with Gasteiger partial charge < -0.3 is 4.74 Å². The Bertz CT molecular complexity index is 602. The number of rotatable bonds is 16. The van der Waals surface area contributed by atoms with E-state index in [0.29, 0.717) is 30.8 Å². The van der Waals surface area contributed by atoms with E-state index in [-0.39, 0.29) is 11.7 Å². The molecule has 0 bridgehead atoms. The van der Waals surface area contributed by atoms with Crippen molar-refractivity contribution in [2.75, 3.05) is 17.7 Å². The average molecular weight is 461 g/mol. The third-order valence-corrected chi connectivity index (χ3v) is 6.81. The molecule has 4 nitrogen and oxygen atoms in total. The van der Waals surface area contributed by atoms with Gasteiger partial charge in [0.05, 0.1) is 17.3 Å². The summed E-state index contributed by atoms with van der Waals surface area (Å²) in [4.78, 5) is 12.0. The van der Waals surface area contributed by atoms with Crippen LogP contribution in [0.1, 0.15) is 70.6 Å². The molecule has 1 rings (SSSR count). The minimum atomic E-state index is -3.23. The van der Waals surface area contributed by atoms with E-state index in [1.54, 1.807) is 30.3 Å². The lowest BCUT2D eigenvalue weighted by Crippen LogP contribution is -2.09. The number of unbranched alkanes of at least 4 members (excludes halogenated alkanes) is 8. The third kappa shape index (κ3) is 12.2. The normalized spacial score (nSPS) is 11.4. The predicted octanol–water partition coefficient (Wildman–Crippen LogP) is 5.69. The molecule has 0 unspecified atom stereocenters. The van der Waals surface area contributed by atoms with Crippen molar-refractivity contribution in [2.24, 2.45) is 0 Å². The summed E-state index contributed by atoms with van der Waals surface area (Å²) in [6, 6.07) is 8.46. The maximum atomic E-state index is 12.1. The van der Waals surface area contributed by atoms with Crippen molar-refractivity contribution in [3.63, 3.8) is 0 Å². The van der Waals surface area contributed by atoms with Gasteiger partial charge in [0.25, 0.3) is 0 Å². The van der Waals surface area contributed by atoms with Crippen LogP contribution in [0.2, 0.25) is 0 Å². The molecule has 1 aromatic rings. The first-order valence-electron chi connectivity index (χ1n) is 10.1. The van der Waals surface area contributed by atoms with E-state index in [0.717, 1.165) is 18.2 Å². The zero-order valence-corrected chi connectivity index (χ0v) is 18.6. The van der Waals surface area contributed by atoms with Crippen LogP contribution < -0.4 is 0 Å². The molecular formula is C21H33BrO4S. The summed E-state index contributed by atoms with van der Waals surface area (Å²) < 4.78 is 29.4. The molecule has 0 aliphatic heterocycles. The smallest absolute Gasteiger partial charge is 0.305 e. The van der Waals surface area contributed by atoms with Crippen molar-refractivity contribution in [1.82, 2.24) is 0 Å². The Kier molecular flexibility index (Phi) is 13.5. The van der Waals surface area contributed by atoms with Crippen molar-refractivity contribution in [2.45, 2.75) is 75.5 Å². The highest BCUT2D eigenvalue weighted by atomic mass is 79.9. The summed E-state index contributed by atoms with van der Waals surface area (Å²) in [5.41, 5.74) is 0. The topological polar surface area (TPSA) is 60.4 Å². The fourth-order valence-electron chi connectivity index (χ4n) is 2.82. The van der Waals surface area contributed by atoms with Crippen molar-refractivity contribution in [3.05, 3.63) is 30.3 Å². The van der Waals surface area contributed by atoms with Crippen molar-refractivity contribution in [3.8, 4) is 0 Å². The summed E-state index contributed by atoms with van der Waals surface area (Å²) in [7, 11) is -3.23. The largest absolute Gasteiger partial charge is 0.466 e. The molecule has 0 saturated heterocycles. The molecule has 0 aliphatic carbocycles. The molecule has 0 amide bonds. The molecule has 27 heavy (non-hydrogen) atoms.